The number of imidazole rings is 1. The second-order valence-corrected chi connectivity index (χ2v) is 10.5. The Morgan fingerprint density at radius 3 is 2.63 bits per heavy atom. The number of aromatic nitrogens is 2. The van der Waals surface area contributed by atoms with Gasteiger partial charge in [0.05, 0.1) is 41.7 Å². The van der Waals surface area contributed by atoms with Gasteiger partial charge in [0.2, 0.25) is 5.78 Å². The normalized spacial score (nSPS) is 15.9. The summed E-state index contributed by atoms with van der Waals surface area (Å²) in [5, 5.41) is 11.1. The molecule has 4 aromatic rings. The van der Waals surface area contributed by atoms with Crippen LogP contribution >= 0.6 is 11.3 Å². The lowest BCUT2D eigenvalue weighted by molar-refractivity contribution is -0.129. The zero-order valence-electron chi connectivity index (χ0n) is 22.0. The molecule has 0 spiro atoms. The first kappa shape index (κ1) is 25.7. The molecular formula is C28H30N4O5S. The number of carbonyl (C=O) groups excluding carboxylic acids is 2. The van der Waals surface area contributed by atoms with Crippen molar-refractivity contribution in [3.63, 3.8) is 0 Å². The average Bonchev–Trinajstić information content (AvgIpc) is 3.52. The highest BCUT2D eigenvalue weighted by atomic mass is 32.1. The third-order valence-corrected chi connectivity index (χ3v) is 8.02. The zero-order chi connectivity index (χ0) is 27.1. The first-order valence-corrected chi connectivity index (χ1v) is 13.1. The lowest BCUT2D eigenvalue weighted by Gasteiger charge is -2.28. The number of benzene rings is 2. The molecule has 2 aromatic carbocycles. The number of nitrogens with zero attached hydrogens (tertiary/aromatic N) is 4. The highest BCUT2D eigenvalue weighted by Crippen LogP contribution is 2.44. The Morgan fingerprint density at radius 2 is 1.92 bits per heavy atom. The second kappa shape index (κ2) is 10.1. The predicted molar refractivity (Wildman–Crippen MR) is 146 cm³/mol. The minimum Gasteiger partial charge on any atom is -0.503 e. The largest absolute Gasteiger partial charge is 0.503 e. The summed E-state index contributed by atoms with van der Waals surface area (Å²) in [6.07, 6.45) is 0.661. The Labute approximate surface area is 224 Å². The zero-order valence-corrected chi connectivity index (χ0v) is 22.8. The van der Waals surface area contributed by atoms with Crippen molar-refractivity contribution in [2.45, 2.75) is 19.4 Å². The number of amides is 1. The van der Waals surface area contributed by atoms with E-state index >= 15 is 0 Å². The lowest BCUT2D eigenvalue weighted by atomic mass is 9.94. The van der Waals surface area contributed by atoms with Gasteiger partial charge in [-0.3, -0.25) is 14.0 Å². The molecule has 38 heavy (non-hydrogen) atoms. The van der Waals surface area contributed by atoms with E-state index in [0.29, 0.717) is 45.6 Å². The van der Waals surface area contributed by atoms with E-state index in [9.17, 15) is 14.7 Å². The van der Waals surface area contributed by atoms with Gasteiger partial charge in [-0.05, 0) is 64.3 Å². The fourth-order valence-electron chi connectivity index (χ4n) is 5.05. The van der Waals surface area contributed by atoms with Crippen molar-refractivity contribution in [1.82, 2.24) is 19.2 Å². The molecule has 1 amide bonds. The highest BCUT2D eigenvalue weighted by molar-refractivity contribution is 7.19. The van der Waals surface area contributed by atoms with E-state index in [1.54, 1.807) is 30.2 Å². The quantitative estimate of drug-likeness (QED) is 0.318. The number of ether oxygens (including phenoxy) is 2. The van der Waals surface area contributed by atoms with Crippen LogP contribution in [-0.4, -0.2) is 77.4 Å². The minimum absolute atomic E-state index is 0.0308. The molecule has 0 saturated heterocycles. The maximum Gasteiger partial charge on any atom is 0.290 e. The van der Waals surface area contributed by atoms with Crippen molar-refractivity contribution >= 4 is 39.0 Å². The monoisotopic (exact) mass is 534 g/mol. The summed E-state index contributed by atoms with van der Waals surface area (Å²) in [6, 6.07) is 12.1. The van der Waals surface area contributed by atoms with Crippen LogP contribution in [0.3, 0.4) is 0 Å². The molecule has 1 N–H and O–H groups in total. The van der Waals surface area contributed by atoms with Crippen LogP contribution in [0, 0.1) is 6.92 Å². The van der Waals surface area contributed by atoms with Gasteiger partial charge < -0.3 is 24.4 Å². The Hall–Kier alpha value is -3.89. The molecule has 10 heteroatoms. The van der Waals surface area contributed by atoms with Crippen LogP contribution in [0.15, 0.2) is 53.8 Å². The van der Waals surface area contributed by atoms with E-state index in [1.807, 2.05) is 54.6 Å². The van der Waals surface area contributed by atoms with Crippen LogP contribution in [0.5, 0.6) is 11.5 Å². The maximum absolute atomic E-state index is 14.2. The van der Waals surface area contributed by atoms with E-state index in [4.69, 9.17) is 9.47 Å². The molecule has 198 valence electrons. The van der Waals surface area contributed by atoms with Gasteiger partial charge >= 0.3 is 0 Å². The molecule has 9 nitrogen and oxygen atoms in total. The molecule has 0 radical (unpaired) electrons. The standard InChI is InChI=1S/C28H30N4O5S/c1-16-26(38-28-29-19-9-6-7-10-20(19)32(16)28)24(33)22-23(18-15-17(36-4)11-12-21(18)37-5)31(27(35)25(22)34)14-8-13-30(2)3/h6-7,9-12,15,23,34H,8,13-14H2,1-5H3. The number of thiazole rings is 1. The molecule has 0 bridgehead atoms. The van der Waals surface area contributed by atoms with E-state index in [-0.39, 0.29) is 5.57 Å². The van der Waals surface area contributed by atoms with Gasteiger partial charge in [0.1, 0.15) is 11.5 Å². The molecule has 1 aliphatic rings. The van der Waals surface area contributed by atoms with Crippen molar-refractivity contribution in [2.24, 2.45) is 0 Å². The van der Waals surface area contributed by atoms with Crippen LogP contribution in [0.25, 0.3) is 16.0 Å². The summed E-state index contributed by atoms with van der Waals surface area (Å²) in [5.41, 5.74) is 3.04. The number of Topliss-reactive ketones (excluding diaryl/α,β-unsaturated/α-hetero) is 1. The number of hydrogen-bond donors (Lipinski definition) is 1. The van der Waals surface area contributed by atoms with Gasteiger partial charge in [-0.15, -0.1) is 0 Å². The van der Waals surface area contributed by atoms with Crippen LogP contribution in [0.2, 0.25) is 0 Å². The van der Waals surface area contributed by atoms with Crippen molar-refractivity contribution in [2.75, 3.05) is 41.4 Å². The molecule has 3 heterocycles. The van der Waals surface area contributed by atoms with Crippen LogP contribution in [-0.2, 0) is 4.79 Å². The van der Waals surface area contributed by atoms with Crippen LogP contribution in [0.4, 0.5) is 0 Å². The number of methoxy groups -OCH3 is 2. The Balaban J connectivity index is 1.64. The van der Waals surface area contributed by atoms with E-state index < -0.39 is 23.5 Å². The van der Waals surface area contributed by atoms with Gasteiger partial charge in [-0.25, -0.2) is 4.98 Å². The predicted octanol–water partition coefficient (Wildman–Crippen LogP) is 4.40. The molecule has 0 fully saturated rings. The molecule has 2 aromatic heterocycles. The molecular weight excluding hydrogens is 504 g/mol. The number of aliphatic hydroxyl groups excluding tert-OH is 1. The fourth-order valence-corrected chi connectivity index (χ4v) is 6.14. The van der Waals surface area contributed by atoms with Gasteiger partial charge in [-0.1, -0.05) is 23.5 Å². The number of hydrogen-bond acceptors (Lipinski definition) is 8. The summed E-state index contributed by atoms with van der Waals surface area (Å²) in [7, 11) is 7.00. The summed E-state index contributed by atoms with van der Waals surface area (Å²) >= 11 is 1.25. The number of aliphatic hydroxyl groups is 1. The fraction of sp³-hybridized carbons (Fsp3) is 0.321. The third-order valence-electron chi connectivity index (χ3n) is 6.88. The SMILES string of the molecule is COc1ccc(OC)c(C2C(C(=O)c3sc4nc5ccccc5n4c3C)=C(O)C(=O)N2CCCN(C)C)c1. The maximum atomic E-state index is 14.2. The Bertz CT molecular complexity index is 1580. The second-order valence-electron chi connectivity index (χ2n) is 9.49. The van der Waals surface area contributed by atoms with Gasteiger partial charge in [-0.2, -0.15) is 0 Å². The average molecular weight is 535 g/mol. The molecule has 0 saturated carbocycles. The number of rotatable bonds is 9. The number of para-hydroxylation sites is 2. The molecule has 1 aliphatic heterocycles. The number of ketones is 1. The first-order chi connectivity index (χ1) is 18.3. The Morgan fingerprint density at radius 1 is 1.16 bits per heavy atom. The van der Waals surface area contributed by atoms with E-state index in [1.165, 1.54) is 18.4 Å². The minimum atomic E-state index is -0.840. The summed E-state index contributed by atoms with van der Waals surface area (Å²) < 4.78 is 13.0. The molecule has 5 rings (SSSR count). The van der Waals surface area contributed by atoms with Crippen molar-refractivity contribution < 1.29 is 24.2 Å². The topological polar surface area (TPSA) is 96.6 Å². The molecule has 0 aliphatic carbocycles. The number of fused-ring (bicyclic) bond motifs is 3. The first-order valence-electron chi connectivity index (χ1n) is 12.3. The van der Waals surface area contributed by atoms with Crippen molar-refractivity contribution in [3.8, 4) is 11.5 Å². The van der Waals surface area contributed by atoms with Crippen LogP contribution in [0.1, 0.15) is 33.4 Å². The number of aryl methyl sites for hydroxylation is 1. The van der Waals surface area contributed by atoms with Crippen molar-refractivity contribution in [3.05, 3.63) is 69.9 Å². The lowest BCUT2D eigenvalue weighted by Crippen LogP contribution is -2.33. The smallest absolute Gasteiger partial charge is 0.290 e. The Kier molecular flexibility index (Phi) is 6.85. The van der Waals surface area contributed by atoms with Crippen molar-refractivity contribution in [1.29, 1.82) is 0 Å². The molecule has 1 atom stereocenters. The summed E-state index contributed by atoms with van der Waals surface area (Å²) in [6.45, 7) is 2.94. The van der Waals surface area contributed by atoms with Gasteiger partial charge in [0, 0.05) is 17.8 Å². The van der Waals surface area contributed by atoms with Gasteiger partial charge in [0.15, 0.2) is 10.7 Å². The summed E-state index contributed by atoms with van der Waals surface area (Å²) in [4.78, 5) is 36.9. The van der Waals surface area contributed by atoms with E-state index in [2.05, 4.69) is 4.98 Å². The highest BCUT2D eigenvalue weighted by Gasteiger charge is 2.45. The third kappa shape index (κ3) is 4.19. The number of carbonyl (C=O) groups is 2. The van der Waals surface area contributed by atoms with Crippen LogP contribution < -0.4 is 9.47 Å². The molecule has 1 unspecified atom stereocenters. The van der Waals surface area contributed by atoms with Gasteiger partial charge in [0.25, 0.3) is 5.91 Å². The van der Waals surface area contributed by atoms with E-state index in [0.717, 1.165) is 17.6 Å². The summed E-state index contributed by atoms with van der Waals surface area (Å²) in [5.74, 6) is -0.476.